The third-order valence-electron chi connectivity index (χ3n) is 3.01. The second-order valence-electron chi connectivity index (χ2n) is 6.03. The normalized spacial score (nSPS) is 13.4. The fourth-order valence-electron chi connectivity index (χ4n) is 1.76. The van der Waals surface area contributed by atoms with Crippen molar-refractivity contribution in [2.24, 2.45) is 5.92 Å². The molecule has 0 spiro atoms. The molecule has 1 aromatic carbocycles. The third-order valence-corrected chi connectivity index (χ3v) is 3.01. The number of hydrogen-bond donors (Lipinski definition) is 2. The maximum Gasteiger partial charge on any atom is 0.326 e. The van der Waals surface area contributed by atoms with Crippen molar-refractivity contribution in [3.8, 4) is 0 Å². The summed E-state index contributed by atoms with van der Waals surface area (Å²) in [4.78, 5) is 11.1. The van der Waals surface area contributed by atoms with Crippen molar-refractivity contribution in [1.29, 1.82) is 0 Å². The van der Waals surface area contributed by atoms with Crippen LogP contribution in [-0.2, 0) is 10.2 Å². The summed E-state index contributed by atoms with van der Waals surface area (Å²) in [6, 6.07) is 7.42. The van der Waals surface area contributed by atoms with Crippen LogP contribution < -0.4 is 5.32 Å². The third kappa shape index (κ3) is 3.76. The van der Waals surface area contributed by atoms with Gasteiger partial charge in [-0.05, 0) is 29.0 Å². The maximum atomic E-state index is 11.1. The number of hydrogen-bond acceptors (Lipinski definition) is 2. The van der Waals surface area contributed by atoms with Crippen LogP contribution >= 0.6 is 0 Å². The molecule has 0 aliphatic heterocycles. The van der Waals surface area contributed by atoms with E-state index in [-0.39, 0.29) is 11.3 Å². The van der Waals surface area contributed by atoms with E-state index in [0.717, 1.165) is 5.69 Å². The van der Waals surface area contributed by atoms with Crippen LogP contribution in [0.5, 0.6) is 0 Å². The summed E-state index contributed by atoms with van der Waals surface area (Å²) in [5.74, 6) is -0.769. The van der Waals surface area contributed by atoms with E-state index in [4.69, 9.17) is 5.11 Å². The monoisotopic (exact) mass is 249 g/mol. The van der Waals surface area contributed by atoms with E-state index in [1.807, 2.05) is 38.1 Å². The number of carboxylic acids is 1. The van der Waals surface area contributed by atoms with E-state index in [1.165, 1.54) is 5.56 Å². The Morgan fingerprint density at radius 1 is 1.17 bits per heavy atom. The van der Waals surface area contributed by atoms with Crippen molar-refractivity contribution in [3.05, 3.63) is 29.8 Å². The van der Waals surface area contributed by atoms with E-state index in [1.54, 1.807) is 0 Å². The van der Waals surface area contributed by atoms with E-state index in [0.29, 0.717) is 0 Å². The van der Waals surface area contributed by atoms with Crippen molar-refractivity contribution in [3.63, 3.8) is 0 Å². The van der Waals surface area contributed by atoms with Gasteiger partial charge in [-0.1, -0.05) is 46.8 Å². The molecule has 3 nitrogen and oxygen atoms in total. The zero-order valence-electron chi connectivity index (χ0n) is 11.8. The number of aliphatic carboxylic acids is 1. The smallest absolute Gasteiger partial charge is 0.326 e. The number of rotatable bonds is 4. The molecule has 0 heterocycles. The molecule has 3 heteroatoms. The van der Waals surface area contributed by atoms with Gasteiger partial charge < -0.3 is 10.4 Å². The van der Waals surface area contributed by atoms with Crippen LogP contribution in [-0.4, -0.2) is 17.1 Å². The predicted molar refractivity (Wildman–Crippen MR) is 75.0 cm³/mol. The van der Waals surface area contributed by atoms with E-state index < -0.39 is 12.0 Å². The Bertz CT molecular complexity index is 401. The number of carboxylic acid groups (broad SMARTS) is 1. The molecule has 18 heavy (non-hydrogen) atoms. The molecule has 0 fully saturated rings. The quantitative estimate of drug-likeness (QED) is 0.858. The highest BCUT2D eigenvalue weighted by atomic mass is 16.4. The summed E-state index contributed by atoms with van der Waals surface area (Å²) < 4.78 is 0. The van der Waals surface area contributed by atoms with Gasteiger partial charge in [0.2, 0.25) is 0 Å². The maximum absolute atomic E-state index is 11.1. The SMILES string of the molecule is CC(C)C(Nc1ccc(C(C)(C)C)cc1)C(=O)O. The number of anilines is 1. The van der Waals surface area contributed by atoms with Crippen molar-refractivity contribution < 1.29 is 9.90 Å². The predicted octanol–water partition coefficient (Wildman–Crippen LogP) is 3.51. The molecular weight excluding hydrogens is 226 g/mol. The average Bonchev–Trinajstić information content (AvgIpc) is 2.24. The van der Waals surface area contributed by atoms with Gasteiger partial charge in [-0.15, -0.1) is 0 Å². The lowest BCUT2D eigenvalue weighted by Gasteiger charge is -2.22. The lowest BCUT2D eigenvalue weighted by molar-refractivity contribution is -0.138. The molecule has 0 saturated carbocycles. The molecular formula is C15H23NO2. The van der Waals surface area contributed by atoms with Crippen LogP contribution in [0.3, 0.4) is 0 Å². The Morgan fingerprint density at radius 3 is 2.00 bits per heavy atom. The molecule has 1 aromatic rings. The van der Waals surface area contributed by atoms with Gasteiger partial charge in [0.1, 0.15) is 6.04 Å². The van der Waals surface area contributed by atoms with Crippen molar-refractivity contribution >= 4 is 11.7 Å². The molecule has 0 aromatic heterocycles. The molecule has 0 radical (unpaired) electrons. The first-order valence-electron chi connectivity index (χ1n) is 6.31. The molecule has 1 rings (SSSR count). The zero-order valence-corrected chi connectivity index (χ0v) is 11.8. The summed E-state index contributed by atoms with van der Waals surface area (Å²) in [5.41, 5.74) is 2.21. The van der Waals surface area contributed by atoms with E-state index in [9.17, 15) is 4.79 Å². The fourth-order valence-corrected chi connectivity index (χ4v) is 1.76. The fraction of sp³-hybridized carbons (Fsp3) is 0.533. The average molecular weight is 249 g/mol. The first kappa shape index (κ1) is 14.6. The van der Waals surface area contributed by atoms with Crippen molar-refractivity contribution in [2.75, 3.05) is 5.32 Å². The number of nitrogens with one attached hydrogen (secondary N) is 1. The lowest BCUT2D eigenvalue weighted by atomic mass is 9.87. The first-order chi connectivity index (χ1) is 8.21. The molecule has 0 aliphatic rings. The highest BCUT2D eigenvalue weighted by Gasteiger charge is 2.21. The molecule has 0 aliphatic carbocycles. The summed E-state index contributed by atoms with van der Waals surface area (Å²) in [7, 11) is 0. The van der Waals surface area contributed by atoms with Crippen LogP contribution in [0.2, 0.25) is 0 Å². The molecule has 0 saturated heterocycles. The van der Waals surface area contributed by atoms with Gasteiger partial charge in [-0.3, -0.25) is 0 Å². The minimum atomic E-state index is -0.815. The molecule has 0 bridgehead atoms. The minimum Gasteiger partial charge on any atom is -0.480 e. The summed E-state index contributed by atoms with van der Waals surface area (Å²) >= 11 is 0. The van der Waals surface area contributed by atoms with Crippen molar-refractivity contribution in [1.82, 2.24) is 0 Å². The topological polar surface area (TPSA) is 49.3 Å². The van der Waals surface area contributed by atoms with Gasteiger partial charge in [-0.2, -0.15) is 0 Å². The molecule has 1 unspecified atom stereocenters. The van der Waals surface area contributed by atoms with E-state index in [2.05, 4.69) is 26.1 Å². The highest BCUT2D eigenvalue weighted by Crippen LogP contribution is 2.24. The van der Waals surface area contributed by atoms with Gasteiger partial charge >= 0.3 is 5.97 Å². The van der Waals surface area contributed by atoms with Crippen LogP contribution in [0.25, 0.3) is 0 Å². The zero-order chi connectivity index (χ0) is 13.9. The molecule has 100 valence electrons. The Kier molecular flexibility index (Phi) is 4.38. The number of benzene rings is 1. The Balaban J connectivity index is 2.83. The Morgan fingerprint density at radius 2 is 1.67 bits per heavy atom. The van der Waals surface area contributed by atoms with Gasteiger partial charge in [0.25, 0.3) is 0 Å². The van der Waals surface area contributed by atoms with E-state index >= 15 is 0 Å². The molecule has 0 amide bonds. The molecule has 1 atom stereocenters. The number of carbonyl (C=O) groups is 1. The summed E-state index contributed by atoms with van der Waals surface area (Å²) in [5, 5.41) is 12.2. The Hall–Kier alpha value is -1.51. The van der Waals surface area contributed by atoms with Gasteiger partial charge in [-0.25, -0.2) is 4.79 Å². The first-order valence-corrected chi connectivity index (χ1v) is 6.31. The second kappa shape index (κ2) is 5.42. The second-order valence-corrected chi connectivity index (χ2v) is 6.03. The van der Waals surface area contributed by atoms with Crippen LogP contribution in [0.1, 0.15) is 40.2 Å². The van der Waals surface area contributed by atoms with Gasteiger partial charge in [0.05, 0.1) is 0 Å². The Labute approximate surface area is 109 Å². The van der Waals surface area contributed by atoms with Crippen LogP contribution in [0, 0.1) is 5.92 Å². The molecule has 2 N–H and O–H groups in total. The van der Waals surface area contributed by atoms with Crippen LogP contribution in [0.15, 0.2) is 24.3 Å². The van der Waals surface area contributed by atoms with Gasteiger partial charge in [0.15, 0.2) is 0 Å². The van der Waals surface area contributed by atoms with Gasteiger partial charge in [0, 0.05) is 5.69 Å². The summed E-state index contributed by atoms with van der Waals surface area (Å²) in [6.45, 7) is 10.3. The largest absolute Gasteiger partial charge is 0.480 e. The minimum absolute atomic E-state index is 0.0461. The lowest BCUT2D eigenvalue weighted by Crippen LogP contribution is -2.34. The van der Waals surface area contributed by atoms with Crippen molar-refractivity contribution in [2.45, 2.75) is 46.1 Å². The van der Waals surface area contributed by atoms with Crippen LogP contribution in [0.4, 0.5) is 5.69 Å². The standard InChI is InChI=1S/C15H23NO2/c1-10(2)13(14(17)18)16-12-8-6-11(7-9-12)15(3,4)5/h6-10,13,16H,1-5H3,(H,17,18). The highest BCUT2D eigenvalue weighted by molar-refractivity contribution is 5.77. The summed E-state index contributed by atoms with van der Waals surface area (Å²) in [6.07, 6.45) is 0.